The number of aromatic nitrogens is 2. The van der Waals surface area contributed by atoms with Crippen LogP contribution in [0.5, 0.6) is 0 Å². The number of amides is 1. The van der Waals surface area contributed by atoms with Gasteiger partial charge < -0.3 is 9.84 Å². The number of rotatable bonds is 5. The van der Waals surface area contributed by atoms with Crippen molar-refractivity contribution < 1.29 is 18.1 Å². The third-order valence-electron chi connectivity index (χ3n) is 3.87. The predicted molar refractivity (Wildman–Crippen MR) is 78.2 cm³/mol. The first-order valence-electron chi connectivity index (χ1n) is 7.22. The lowest BCUT2D eigenvalue weighted by Crippen LogP contribution is -2.26. The first-order chi connectivity index (χ1) is 10.9. The Balaban J connectivity index is 1.67. The summed E-state index contributed by atoms with van der Waals surface area (Å²) in [5, 5.41) is 2.26. The van der Waals surface area contributed by atoms with E-state index in [9.17, 15) is 13.6 Å². The van der Waals surface area contributed by atoms with Crippen LogP contribution >= 0.6 is 11.6 Å². The van der Waals surface area contributed by atoms with Crippen molar-refractivity contribution in [1.29, 1.82) is 0 Å². The highest BCUT2D eigenvalue weighted by Gasteiger charge is 2.35. The van der Waals surface area contributed by atoms with Crippen molar-refractivity contribution in [3.05, 3.63) is 47.1 Å². The highest BCUT2D eigenvalue weighted by molar-refractivity contribution is 6.21. The lowest BCUT2D eigenvalue weighted by Gasteiger charge is -2.27. The molecule has 5 nitrogen and oxygen atoms in total. The van der Waals surface area contributed by atoms with Crippen molar-refractivity contribution in [3.8, 4) is 0 Å². The van der Waals surface area contributed by atoms with E-state index in [1.54, 1.807) is 12.1 Å². The van der Waals surface area contributed by atoms with Crippen molar-refractivity contribution >= 4 is 17.5 Å². The average molecular weight is 342 g/mol. The van der Waals surface area contributed by atoms with Gasteiger partial charge in [-0.2, -0.15) is 13.8 Å². The minimum Gasteiger partial charge on any atom is -0.345 e. The van der Waals surface area contributed by atoms with Gasteiger partial charge >= 0.3 is 11.3 Å². The first-order valence-corrected chi connectivity index (χ1v) is 7.60. The molecule has 0 radical (unpaired) electrons. The van der Waals surface area contributed by atoms with E-state index in [2.05, 4.69) is 20.0 Å². The molecule has 1 N–H and O–H groups in total. The molecule has 3 rings (SSSR count). The van der Waals surface area contributed by atoms with Crippen molar-refractivity contribution in [2.45, 2.75) is 37.1 Å². The fraction of sp³-hybridized carbons (Fsp3) is 0.400. The summed E-state index contributed by atoms with van der Waals surface area (Å²) in [5.41, 5.74) is 1.60. The zero-order valence-electron chi connectivity index (χ0n) is 12.1. The molecule has 0 spiro atoms. The molecule has 0 unspecified atom stereocenters. The van der Waals surface area contributed by atoms with Gasteiger partial charge in [-0.05, 0) is 42.0 Å². The molecule has 1 fully saturated rings. The number of benzene rings is 1. The SMILES string of the molecule is O=C(NCc1noc(C(F)(F)Cl)n1)c1ccccc1C1CCC1. The summed E-state index contributed by atoms with van der Waals surface area (Å²) in [6.45, 7) is -0.117. The van der Waals surface area contributed by atoms with Crippen LogP contribution in [0.4, 0.5) is 8.78 Å². The van der Waals surface area contributed by atoms with Gasteiger partial charge in [0.15, 0.2) is 5.82 Å². The molecule has 1 heterocycles. The minimum absolute atomic E-state index is 0.0604. The molecule has 0 bridgehead atoms. The van der Waals surface area contributed by atoms with Gasteiger partial charge in [0.2, 0.25) is 0 Å². The quantitative estimate of drug-likeness (QED) is 0.844. The summed E-state index contributed by atoms with van der Waals surface area (Å²) in [5.74, 6) is -0.937. The van der Waals surface area contributed by atoms with Gasteiger partial charge in [0.1, 0.15) is 0 Å². The topological polar surface area (TPSA) is 68.0 Å². The average Bonchev–Trinajstić information content (AvgIpc) is 2.92. The molecule has 1 aromatic heterocycles. The maximum absolute atomic E-state index is 12.8. The van der Waals surface area contributed by atoms with Gasteiger partial charge in [0.25, 0.3) is 5.91 Å². The Labute approximate surface area is 136 Å². The van der Waals surface area contributed by atoms with Crippen molar-refractivity contribution in [2.24, 2.45) is 0 Å². The van der Waals surface area contributed by atoms with E-state index in [1.807, 2.05) is 12.1 Å². The van der Waals surface area contributed by atoms with Crippen LogP contribution < -0.4 is 5.32 Å². The zero-order chi connectivity index (χ0) is 16.4. The third-order valence-corrected chi connectivity index (χ3v) is 4.03. The number of hydrogen-bond donors (Lipinski definition) is 1. The molecule has 0 aliphatic heterocycles. The lowest BCUT2D eigenvalue weighted by atomic mass is 9.78. The zero-order valence-corrected chi connectivity index (χ0v) is 12.8. The van der Waals surface area contributed by atoms with E-state index in [4.69, 9.17) is 11.6 Å². The molecule has 0 saturated heterocycles. The first kappa shape index (κ1) is 15.9. The van der Waals surface area contributed by atoms with Gasteiger partial charge in [-0.15, -0.1) is 0 Å². The number of nitrogens with one attached hydrogen (secondary N) is 1. The molecule has 1 aliphatic carbocycles. The molecule has 1 aliphatic rings. The molecule has 1 saturated carbocycles. The van der Waals surface area contributed by atoms with E-state index < -0.39 is 11.3 Å². The van der Waals surface area contributed by atoms with Crippen molar-refractivity contribution in [3.63, 3.8) is 0 Å². The van der Waals surface area contributed by atoms with E-state index in [1.165, 1.54) is 6.42 Å². The van der Waals surface area contributed by atoms with E-state index in [0.29, 0.717) is 11.5 Å². The molecule has 2 aromatic rings. The fourth-order valence-corrected chi connectivity index (χ4v) is 2.55. The standard InChI is InChI=1S/C15H14ClF2N3O2/c16-15(17,18)14-20-12(21-23-14)8-19-13(22)11-7-2-1-6-10(11)9-4-3-5-9/h1-2,6-7,9H,3-5,8H2,(H,19,22). The second-order valence-corrected chi connectivity index (χ2v) is 5.89. The van der Waals surface area contributed by atoms with Crippen molar-refractivity contribution in [2.75, 3.05) is 0 Å². The monoisotopic (exact) mass is 341 g/mol. The van der Waals surface area contributed by atoms with E-state index in [-0.39, 0.29) is 18.3 Å². The van der Waals surface area contributed by atoms with Gasteiger partial charge in [0, 0.05) is 5.56 Å². The van der Waals surface area contributed by atoms with Gasteiger partial charge in [-0.1, -0.05) is 29.8 Å². The number of nitrogens with zero attached hydrogens (tertiary/aromatic N) is 2. The Morgan fingerprint density at radius 1 is 1.39 bits per heavy atom. The number of carbonyl (C=O) groups is 1. The van der Waals surface area contributed by atoms with Gasteiger partial charge in [0.05, 0.1) is 6.54 Å². The Kier molecular flexibility index (Phi) is 4.30. The number of hydrogen-bond acceptors (Lipinski definition) is 4. The molecule has 0 atom stereocenters. The molecule has 1 amide bonds. The second-order valence-electron chi connectivity index (χ2n) is 5.41. The Bertz CT molecular complexity index is 711. The Morgan fingerprint density at radius 3 is 2.74 bits per heavy atom. The van der Waals surface area contributed by atoms with Crippen LogP contribution in [0.15, 0.2) is 28.8 Å². The molecular weight excluding hydrogens is 328 g/mol. The molecule has 1 aromatic carbocycles. The summed E-state index contributed by atoms with van der Waals surface area (Å²) in [6.07, 6.45) is 3.31. The number of alkyl halides is 3. The second kappa shape index (κ2) is 6.23. The Morgan fingerprint density at radius 2 is 2.13 bits per heavy atom. The van der Waals surface area contributed by atoms with Crippen LogP contribution in [0.3, 0.4) is 0 Å². The molecule has 23 heavy (non-hydrogen) atoms. The molecule has 122 valence electrons. The van der Waals surface area contributed by atoms with Crippen LogP contribution in [0.25, 0.3) is 0 Å². The summed E-state index contributed by atoms with van der Waals surface area (Å²) in [6, 6.07) is 7.38. The smallest absolute Gasteiger partial charge is 0.345 e. The van der Waals surface area contributed by atoms with Crippen LogP contribution in [-0.4, -0.2) is 16.0 Å². The van der Waals surface area contributed by atoms with E-state index >= 15 is 0 Å². The summed E-state index contributed by atoms with van der Waals surface area (Å²) in [7, 11) is 0. The van der Waals surface area contributed by atoms with Gasteiger partial charge in [-0.3, -0.25) is 4.79 Å². The molecule has 8 heteroatoms. The van der Waals surface area contributed by atoms with Crippen LogP contribution in [0, 0.1) is 0 Å². The highest BCUT2D eigenvalue weighted by Crippen LogP contribution is 2.37. The number of carbonyl (C=O) groups excluding carboxylic acids is 1. The summed E-state index contributed by atoms with van der Waals surface area (Å²) in [4.78, 5) is 15.8. The molecular formula is C15H14ClF2N3O2. The van der Waals surface area contributed by atoms with Crippen LogP contribution in [-0.2, 0) is 11.9 Å². The normalized spacial score (nSPS) is 15.3. The maximum Gasteiger partial charge on any atom is 0.400 e. The fourth-order valence-electron chi connectivity index (χ4n) is 2.47. The van der Waals surface area contributed by atoms with Crippen LogP contribution in [0.2, 0.25) is 0 Å². The highest BCUT2D eigenvalue weighted by atomic mass is 35.5. The summed E-state index contributed by atoms with van der Waals surface area (Å²) >= 11 is 4.79. The Hall–Kier alpha value is -2.02. The van der Waals surface area contributed by atoms with Gasteiger partial charge in [-0.25, -0.2) is 0 Å². The number of halogens is 3. The predicted octanol–water partition coefficient (Wildman–Crippen LogP) is 3.56. The van der Waals surface area contributed by atoms with E-state index in [0.717, 1.165) is 18.4 Å². The minimum atomic E-state index is -3.72. The maximum atomic E-state index is 12.8. The largest absolute Gasteiger partial charge is 0.400 e. The summed E-state index contributed by atoms with van der Waals surface area (Å²) < 4.78 is 30.0. The third kappa shape index (κ3) is 3.50. The lowest BCUT2D eigenvalue weighted by molar-refractivity contribution is 0.0550. The van der Waals surface area contributed by atoms with Crippen molar-refractivity contribution in [1.82, 2.24) is 15.5 Å². The van der Waals surface area contributed by atoms with Crippen LogP contribution in [0.1, 0.15) is 52.8 Å².